The zero-order valence-corrected chi connectivity index (χ0v) is 24.4. The maximum Gasteiger partial charge on any atom is 0.262 e. The Bertz CT molecular complexity index is 1320. The first-order valence-electron chi connectivity index (χ1n) is 13.1. The van der Waals surface area contributed by atoms with Crippen LogP contribution in [0.1, 0.15) is 33.8 Å². The largest absolute Gasteiger partial charge is 0.497 e. The maximum absolute atomic E-state index is 14.4. The van der Waals surface area contributed by atoms with Gasteiger partial charge in [-0.05, 0) is 40.8 Å². The number of piperazine rings is 1. The van der Waals surface area contributed by atoms with Crippen molar-refractivity contribution in [1.29, 1.82) is 0 Å². The molecule has 6 nitrogen and oxygen atoms in total. The van der Waals surface area contributed by atoms with Gasteiger partial charge in [0, 0.05) is 20.5 Å². The van der Waals surface area contributed by atoms with Crippen LogP contribution in [0.25, 0.3) is 0 Å². The molecule has 2 bridgehead atoms. The van der Waals surface area contributed by atoms with E-state index in [1.165, 1.54) is 17.3 Å². The summed E-state index contributed by atoms with van der Waals surface area (Å²) >= 11 is 3.04. The average molecular weight is 563 g/mol. The number of carbonyl (C=O) groups excluding carboxylic acids is 2. The predicted octanol–water partition coefficient (Wildman–Crippen LogP) is 5.52. The van der Waals surface area contributed by atoms with Crippen LogP contribution in [0.3, 0.4) is 0 Å². The van der Waals surface area contributed by atoms with Crippen molar-refractivity contribution in [2.75, 3.05) is 27.8 Å². The van der Waals surface area contributed by atoms with Crippen molar-refractivity contribution in [3.63, 3.8) is 0 Å². The van der Waals surface area contributed by atoms with Gasteiger partial charge in [-0.2, -0.15) is 0 Å². The smallest absolute Gasteiger partial charge is 0.262 e. The monoisotopic (exact) mass is 562 g/mol. The zero-order chi connectivity index (χ0) is 27.6. The van der Waals surface area contributed by atoms with Gasteiger partial charge < -0.3 is 19.3 Å². The number of benzene rings is 3. The molecule has 3 saturated heterocycles. The first-order chi connectivity index (χ1) is 18.8. The van der Waals surface area contributed by atoms with Crippen LogP contribution in [0.4, 0.5) is 0 Å². The number of likely N-dealkylation sites (N-methyl/N-ethyl adjacent to an activating group) is 2. The van der Waals surface area contributed by atoms with Crippen molar-refractivity contribution in [3.8, 4) is 5.75 Å². The zero-order valence-electron chi connectivity index (χ0n) is 22.8. The van der Waals surface area contributed by atoms with E-state index >= 15 is 0 Å². The van der Waals surface area contributed by atoms with Gasteiger partial charge in [0.2, 0.25) is 0 Å². The molecule has 3 aromatic rings. The van der Waals surface area contributed by atoms with Gasteiger partial charge in [-0.3, -0.25) is 9.59 Å². The van der Waals surface area contributed by atoms with Crippen molar-refractivity contribution in [2.45, 2.75) is 40.7 Å². The molecule has 3 aliphatic heterocycles. The number of carbonyl (C=O) groups is 2. The van der Waals surface area contributed by atoms with Gasteiger partial charge in [0.1, 0.15) is 5.75 Å². The lowest BCUT2D eigenvalue weighted by molar-refractivity contribution is -0.166. The summed E-state index contributed by atoms with van der Waals surface area (Å²) in [5, 5.41) is 0. The molecule has 6 rings (SSSR count). The highest BCUT2D eigenvalue weighted by atomic mass is 32.2. The molecule has 0 N–H and O–H groups in total. The Morgan fingerprint density at radius 1 is 0.769 bits per heavy atom. The lowest BCUT2D eigenvalue weighted by atomic mass is 9.97. The molecular formula is C31H34N2O4S2. The molecule has 3 heterocycles. The number of amides is 2. The molecule has 0 aromatic heterocycles. The van der Waals surface area contributed by atoms with E-state index in [0.717, 1.165) is 28.9 Å². The molecule has 0 aliphatic carbocycles. The van der Waals surface area contributed by atoms with Crippen LogP contribution in [0.5, 0.6) is 5.75 Å². The van der Waals surface area contributed by atoms with E-state index in [9.17, 15) is 9.59 Å². The molecule has 2 unspecified atom stereocenters. The Balaban J connectivity index is 1.54. The number of nitrogens with zero attached hydrogens (tertiary/aromatic N) is 2. The van der Waals surface area contributed by atoms with Crippen LogP contribution in [0.2, 0.25) is 0 Å². The molecule has 3 aliphatic rings. The third-order valence-corrected chi connectivity index (χ3v) is 11.1. The summed E-state index contributed by atoms with van der Waals surface area (Å²) < 4.78 is 11.4. The average Bonchev–Trinajstić information content (AvgIpc) is 3.13. The molecule has 204 valence electrons. The molecule has 39 heavy (non-hydrogen) atoms. The summed E-state index contributed by atoms with van der Waals surface area (Å²) in [6.45, 7) is 2.57. The summed E-state index contributed by atoms with van der Waals surface area (Å²) in [5.74, 6) is 0.565. The Hall–Kier alpha value is -2.94. The first-order valence-corrected chi connectivity index (χ1v) is 14.8. The number of aryl methyl sites for hydroxylation is 1. The molecule has 3 fully saturated rings. The highest BCUT2D eigenvalue weighted by molar-refractivity contribution is 8.18. The Kier molecular flexibility index (Phi) is 7.99. The van der Waals surface area contributed by atoms with Crippen molar-refractivity contribution in [3.05, 3.63) is 101 Å². The standard InChI is InChI=1S/C31H34N2O4S2/c1-5-22-11-13-23(14-12-22)19-30-28(34)33(3)31(29(35)32(30)2,21-37-20-24-9-7-6-8-10-24)39-27(38-30)25-15-17-26(36-4)18-16-25/h6-18,27H,5,19-21H2,1-4H3/t27?,30-,31?/m0/s1. The summed E-state index contributed by atoms with van der Waals surface area (Å²) in [6.07, 6.45) is 1.36. The Morgan fingerprint density at radius 3 is 2.00 bits per heavy atom. The van der Waals surface area contributed by atoms with Gasteiger partial charge >= 0.3 is 0 Å². The van der Waals surface area contributed by atoms with E-state index in [4.69, 9.17) is 9.47 Å². The fourth-order valence-electron chi connectivity index (χ4n) is 5.15. The number of hydrogen-bond acceptors (Lipinski definition) is 6. The SMILES string of the molecule is CCc1ccc(C[C@@]23SC(c4ccc(OC)cc4)SC(COCc4ccccc4)(C(=O)N2C)N(C)C3=O)cc1. The minimum Gasteiger partial charge on any atom is -0.497 e. The highest BCUT2D eigenvalue weighted by Crippen LogP contribution is 2.61. The lowest BCUT2D eigenvalue weighted by Crippen LogP contribution is -2.73. The van der Waals surface area contributed by atoms with Gasteiger partial charge in [-0.25, -0.2) is 0 Å². The molecule has 2 amide bonds. The van der Waals surface area contributed by atoms with E-state index in [1.807, 2.05) is 54.6 Å². The van der Waals surface area contributed by atoms with E-state index in [-0.39, 0.29) is 23.0 Å². The predicted molar refractivity (Wildman–Crippen MR) is 158 cm³/mol. The van der Waals surface area contributed by atoms with E-state index in [1.54, 1.807) is 42.8 Å². The van der Waals surface area contributed by atoms with E-state index in [2.05, 4.69) is 31.2 Å². The van der Waals surface area contributed by atoms with Crippen molar-refractivity contribution in [2.24, 2.45) is 0 Å². The summed E-state index contributed by atoms with van der Waals surface area (Å²) in [7, 11) is 5.16. The molecule has 3 atom stereocenters. The van der Waals surface area contributed by atoms with Gasteiger partial charge in [-0.1, -0.05) is 73.7 Å². The molecule has 3 aromatic carbocycles. The quantitative estimate of drug-likeness (QED) is 0.342. The number of ether oxygens (including phenoxy) is 2. The summed E-state index contributed by atoms with van der Waals surface area (Å²) in [6, 6.07) is 26.1. The van der Waals surface area contributed by atoms with Crippen molar-refractivity contribution in [1.82, 2.24) is 9.80 Å². The number of rotatable bonds is 9. The van der Waals surface area contributed by atoms with Crippen LogP contribution in [0.15, 0.2) is 78.9 Å². The highest BCUT2D eigenvalue weighted by Gasteiger charge is 2.66. The van der Waals surface area contributed by atoms with Gasteiger partial charge in [-0.15, -0.1) is 23.5 Å². The second-order valence-corrected chi connectivity index (χ2v) is 13.0. The van der Waals surface area contributed by atoms with E-state index in [0.29, 0.717) is 13.0 Å². The second-order valence-electron chi connectivity index (χ2n) is 9.96. The normalized spacial score (nSPS) is 24.7. The summed E-state index contributed by atoms with van der Waals surface area (Å²) in [5.41, 5.74) is 4.30. The Morgan fingerprint density at radius 2 is 1.36 bits per heavy atom. The Labute approximate surface area is 239 Å². The van der Waals surface area contributed by atoms with Crippen LogP contribution in [0, 0.1) is 0 Å². The third kappa shape index (κ3) is 5.06. The topological polar surface area (TPSA) is 59.1 Å². The third-order valence-electron chi connectivity index (χ3n) is 7.64. The second kappa shape index (κ2) is 11.3. The minimum absolute atomic E-state index is 0.0824. The summed E-state index contributed by atoms with van der Waals surface area (Å²) in [4.78, 5) is 29.7. The minimum atomic E-state index is -1.19. The van der Waals surface area contributed by atoms with Gasteiger partial charge in [0.25, 0.3) is 11.8 Å². The number of hydrogen-bond donors (Lipinski definition) is 0. The lowest BCUT2D eigenvalue weighted by Gasteiger charge is -2.51. The first kappa shape index (κ1) is 27.6. The molecular weight excluding hydrogens is 528 g/mol. The van der Waals surface area contributed by atoms with Crippen LogP contribution in [-0.4, -0.2) is 59.2 Å². The number of methoxy groups -OCH3 is 1. The van der Waals surface area contributed by atoms with E-state index < -0.39 is 9.74 Å². The molecule has 0 saturated carbocycles. The van der Waals surface area contributed by atoms with Gasteiger partial charge in [0.15, 0.2) is 9.74 Å². The van der Waals surface area contributed by atoms with Crippen LogP contribution in [-0.2, 0) is 33.8 Å². The van der Waals surface area contributed by atoms with Crippen molar-refractivity contribution < 1.29 is 19.1 Å². The molecule has 0 spiro atoms. The number of fused-ring (bicyclic) bond motifs is 4. The van der Waals surface area contributed by atoms with Gasteiger partial charge in [0.05, 0.1) is 24.9 Å². The van der Waals surface area contributed by atoms with Crippen LogP contribution >= 0.6 is 23.5 Å². The maximum atomic E-state index is 14.4. The fourth-order valence-corrected chi connectivity index (χ4v) is 8.95. The fraction of sp³-hybridized carbons (Fsp3) is 0.355. The van der Waals surface area contributed by atoms with Crippen molar-refractivity contribution >= 4 is 35.3 Å². The molecule has 8 heteroatoms. The van der Waals surface area contributed by atoms with Crippen LogP contribution < -0.4 is 4.74 Å². The molecule has 0 radical (unpaired) electrons. The number of thioether (sulfide) groups is 2.